The maximum Gasteiger partial charge on any atom is 0.223 e. The number of aromatic hydroxyl groups is 1. The van der Waals surface area contributed by atoms with Gasteiger partial charge >= 0.3 is 0 Å². The fraction of sp³-hybridized carbons (Fsp3) is 0.462. The van der Waals surface area contributed by atoms with Gasteiger partial charge in [-0.3, -0.25) is 4.79 Å². The standard InChI is InChI=1S/C13H18N2O2/c16-12-3-1-2-10(8-12)9-14-6-7-15-13(17)11-4-5-11/h1-3,8,11,14,16H,4-7,9H2,(H,15,17). The molecule has 0 atom stereocenters. The van der Waals surface area contributed by atoms with Gasteiger partial charge in [0.15, 0.2) is 0 Å². The Balaban J connectivity index is 1.58. The number of amides is 1. The molecule has 0 heterocycles. The van der Waals surface area contributed by atoms with Crippen LogP contribution in [0.4, 0.5) is 0 Å². The summed E-state index contributed by atoms with van der Waals surface area (Å²) in [7, 11) is 0. The zero-order valence-corrected chi connectivity index (χ0v) is 9.78. The summed E-state index contributed by atoms with van der Waals surface area (Å²) in [5.74, 6) is 0.747. The van der Waals surface area contributed by atoms with Crippen molar-refractivity contribution in [3.05, 3.63) is 29.8 Å². The highest BCUT2D eigenvalue weighted by atomic mass is 16.3. The van der Waals surface area contributed by atoms with Crippen molar-refractivity contribution in [3.63, 3.8) is 0 Å². The molecule has 0 radical (unpaired) electrons. The zero-order chi connectivity index (χ0) is 12.1. The number of nitrogens with one attached hydrogen (secondary N) is 2. The zero-order valence-electron chi connectivity index (χ0n) is 9.78. The van der Waals surface area contributed by atoms with E-state index >= 15 is 0 Å². The lowest BCUT2D eigenvalue weighted by Gasteiger charge is -2.06. The first kappa shape index (κ1) is 11.9. The molecule has 1 aliphatic carbocycles. The van der Waals surface area contributed by atoms with Gasteiger partial charge in [0.2, 0.25) is 5.91 Å². The molecule has 0 saturated heterocycles. The molecule has 0 bridgehead atoms. The molecule has 1 aliphatic rings. The van der Waals surface area contributed by atoms with Crippen LogP contribution < -0.4 is 10.6 Å². The molecular formula is C13H18N2O2. The van der Waals surface area contributed by atoms with Gasteiger partial charge in [-0.05, 0) is 30.5 Å². The topological polar surface area (TPSA) is 61.4 Å². The van der Waals surface area contributed by atoms with Crippen LogP contribution in [0.15, 0.2) is 24.3 Å². The predicted molar refractivity (Wildman–Crippen MR) is 65.5 cm³/mol. The van der Waals surface area contributed by atoms with Crippen molar-refractivity contribution in [2.45, 2.75) is 19.4 Å². The van der Waals surface area contributed by atoms with Gasteiger partial charge < -0.3 is 15.7 Å². The summed E-state index contributed by atoms with van der Waals surface area (Å²) in [6.07, 6.45) is 2.09. The minimum Gasteiger partial charge on any atom is -0.508 e. The van der Waals surface area contributed by atoms with E-state index < -0.39 is 0 Å². The van der Waals surface area contributed by atoms with E-state index in [1.54, 1.807) is 12.1 Å². The first-order valence-corrected chi connectivity index (χ1v) is 6.02. The largest absolute Gasteiger partial charge is 0.508 e. The van der Waals surface area contributed by atoms with Crippen molar-refractivity contribution in [2.24, 2.45) is 5.92 Å². The van der Waals surface area contributed by atoms with E-state index in [1.807, 2.05) is 12.1 Å². The highest BCUT2D eigenvalue weighted by molar-refractivity contribution is 5.80. The minimum absolute atomic E-state index is 0.184. The Morgan fingerprint density at radius 2 is 2.18 bits per heavy atom. The molecule has 92 valence electrons. The molecule has 0 aliphatic heterocycles. The lowest BCUT2D eigenvalue weighted by Crippen LogP contribution is -2.32. The second-order valence-electron chi connectivity index (χ2n) is 4.41. The molecule has 1 aromatic rings. The Labute approximate surface area is 101 Å². The van der Waals surface area contributed by atoms with E-state index in [-0.39, 0.29) is 17.6 Å². The van der Waals surface area contributed by atoms with E-state index in [4.69, 9.17) is 0 Å². The van der Waals surface area contributed by atoms with Crippen molar-refractivity contribution in [2.75, 3.05) is 13.1 Å². The summed E-state index contributed by atoms with van der Waals surface area (Å²) in [4.78, 5) is 11.3. The number of hydrogen-bond donors (Lipinski definition) is 3. The summed E-state index contributed by atoms with van der Waals surface area (Å²) in [6, 6.07) is 7.16. The maximum atomic E-state index is 11.3. The van der Waals surface area contributed by atoms with Crippen LogP contribution >= 0.6 is 0 Å². The van der Waals surface area contributed by atoms with Gasteiger partial charge in [0.25, 0.3) is 0 Å². The van der Waals surface area contributed by atoms with Crippen LogP contribution in [-0.2, 0) is 11.3 Å². The third-order valence-corrected chi connectivity index (χ3v) is 2.79. The second kappa shape index (κ2) is 5.68. The normalized spacial score (nSPS) is 14.6. The second-order valence-corrected chi connectivity index (χ2v) is 4.41. The van der Waals surface area contributed by atoms with E-state index in [0.717, 1.165) is 24.9 Å². The number of carbonyl (C=O) groups excluding carboxylic acids is 1. The highest BCUT2D eigenvalue weighted by Gasteiger charge is 2.28. The van der Waals surface area contributed by atoms with E-state index in [9.17, 15) is 9.90 Å². The molecule has 0 spiro atoms. The number of benzene rings is 1. The monoisotopic (exact) mass is 234 g/mol. The minimum atomic E-state index is 0.184. The summed E-state index contributed by atoms with van der Waals surface area (Å²) in [5, 5.41) is 15.4. The molecule has 3 N–H and O–H groups in total. The Morgan fingerprint density at radius 1 is 1.35 bits per heavy atom. The number of phenols is 1. The van der Waals surface area contributed by atoms with Crippen molar-refractivity contribution in [1.29, 1.82) is 0 Å². The molecule has 1 fully saturated rings. The van der Waals surface area contributed by atoms with Crippen LogP contribution in [-0.4, -0.2) is 24.1 Å². The van der Waals surface area contributed by atoms with Crippen molar-refractivity contribution in [3.8, 4) is 5.75 Å². The Kier molecular flexibility index (Phi) is 3.98. The van der Waals surface area contributed by atoms with Gasteiger partial charge in [-0.15, -0.1) is 0 Å². The molecule has 2 rings (SSSR count). The first-order valence-electron chi connectivity index (χ1n) is 6.02. The Bertz CT molecular complexity index is 389. The van der Waals surface area contributed by atoms with Gasteiger partial charge in [0, 0.05) is 25.6 Å². The van der Waals surface area contributed by atoms with Crippen LogP contribution in [0.2, 0.25) is 0 Å². The highest BCUT2D eigenvalue weighted by Crippen LogP contribution is 2.28. The van der Waals surface area contributed by atoms with Crippen LogP contribution in [0.5, 0.6) is 5.75 Å². The van der Waals surface area contributed by atoms with Gasteiger partial charge in [0.05, 0.1) is 0 Å². The van der Waals surface area contributed by atoms with Crippen molar-refractivity contribution in [1.82, 2.24) is 10.6 Å². The SMILES string of the molecule is O=C(NCCNCc1cccc(O)c1)C1CC1. The third-order valence-electron chi connectivity index (χ3n) is 2.79. The van der Waals surface area contributed by atoms with E-state index in [1.165, 1.54) is 0 Å². The van der Waals surface area contributed by atoms with Gasteiger partial charge in [-0.25, -0.2) is 0 Å². The van der Waals surface area contributed by atoms with Crippen molar-refractivity contribution < 1.29 is 9.90 Å². The van der Waals surface area contributed by atoms with Gasteiger partial charge in [0.1, 0.15) is 5.75 Å². The third kappa shape index (κ3) is 4.07. The lowest BCUT2D eigenvalue weighted by atomic mass is 10.2. The number of phenolic OH excluding ortho intramolecular Hbond substituents is 1. The molecule has 1 saturated carbocycles. The Hall–Kier alpha value is -1.55. The smallest absolute Gasteiger partial charge is 0.223 e. The number of carbonyl (C=O) groups is 1. The number of rotatable bonds is 6. The molecule has 17 heavy (non-hydrogen) atoms. The number of hydrogen-bond acceptors (Lipinski definition) is 3. The van der Waals surface area contributed by atoms with Crippen LogP contribution in [0.3, 0.4) is 0 Å². The van der Waals surface area contributed by atoms with Crippen molar-refractivity contribution >= 4 is 5.91 Å². The molecule has 1 aromatic carbocycles. The molecule has 0 unspecified atom stereocenters. The van der Waals surface area contributed by atoms with Crippen LogP contribution in [0.25, 0.3) is 0 Å². The summed E-state index contributed by atoms with van der Waals surface area (Å²) < 4.78 is 0. The van der Waals surface area contributed by atoms with Crippen LogP contribution in [0.1, 0.15) is 18.4 Å². The fourth-order valence-electron chi connectivity index (χ4n) is 1.66. The molecular weight excluding hydrogens is 216 g/mol. The first-order chi connectivity index (χ1) is 8.25. The average Bonchev–Trinajstić information content (AvgIpc) is 3.12. The maximum absolute atomic E-state index is 11.3. The van der Waals surface area contributed by atoms with Gasteiger partial charge in [-0.2, -0.15) is 0 Å². The molecule has 4 nitrogen and oxygen atoms in total. The van der Waals surface area contributed by atoms with E-state index in [0.29, 0.717) is 13.1 Å². The fourth-order valence-corrected chi connectivity index (χ4v) is 1.66. The lowest BCUT2D eigenvalue weighted by molar-refractivity contribution is -0.122. The summed E-state index contributed by atoms with van der Waals surface area (Å²) in [5.41, 5.74) is 1.04. The average molecular weight is 234 g/mol. The van der Waals surface area contributed by atoms with Gasteiger partial charge in [-0.1, -0.05) is 12.1 Å². The Morgan fingerprint density at radius 3 is 2.88 bits per heavy atom. The molecule has 4 heteroatoms. The quantitative estimate of drug-likeness (QED) is 0.644. The molecule has 1 amide bonds. The summed E-state index contributed by atoms with van der Waals surface area (Å²) in [6.45, 7) is 2.11. The van der Waals surface area contributed by atoms with Crippen LogP contribution in [0, 0.1) is 5.92 Å². The summed E-state index contributed by atoms with van der Waals surface area (Å²) >= 11 is 0. The van der Waals surface area contributed by atoms with E-state index in [2.05, 4.69) is 10.6 Å². The molecule has 0 aromatic heterocycles. The predicted octanol–water partition coefficient (Wildman–Crippen LogP) is 1.01.